The molecular formula is C12H17NO4. The minimum atomic E-state index is -0.877. The molecule has 0 saturated heterocycles. The average Bonchev–Trinajstić information content (AvgIpc) is 2.50. The molecule has 0 atom stereocenters. The number of carboxylic acids is 1. The van der Waals surface area contributed by atoms with Crippen LogP contribution in [0.15, 0.2) is 0 Å². The van der Waals surface area contributed by atoms with Crippen molar-refractivity contribution in [3.8, 4) is 0 Å². The van der Waals surface area contributed by atoms with Crippen LogP contribution in [0.5, 0.6) is 0 Å². The van der Waals surface area contributed by atoms with Crippen LogP contribution in [0.2, 0.25) is 0 Å². The van der Waals surface area contributed by atoms with E-state index in [1.54, 1.807) is 13.8 Å². The molecule has 0 spiro atoms. The predicted octanol–water partition coefficient (Wildman–Crippen LogP) is 1.83. The highest BCUT2D eigenvalue weighted by molar-refractivity contribution is 5.93. The van der Waals surface area contributed by atoms with E-state index in [0.29, 0.717) is 18.6 Å². The number of hydrogen-bond acceptors (Lipinski definition) is 3. The van der Waals surface area contributed by atoms with E-state index in [4.69, 9.17) is 9.84 Å². The standard InChI is InChI=1S/C12H17NO4/c1-4-17-12(16)11-8(3)13-7(2)9(11)5-6-10(14)15/h13H,4-6H2,1-3H3,(H,14,15). The largest absolute Gasteiger partial charge is 0.481 e. The van der Waals surface area contributed by atoms with Crippen molar-refractivity contribution in [2.75, 3.05) is 6.61 Å². The molecular weight excluding hydrogens is 222 g/mol. The summed E-state index contributed by atoms with van der Waals surface area (Å²) in [6.45, 7) is 5.65. The van der Waals surface area contributed by atoms with E-state index in [2.05, 4.69) is 4.98 Å². The van der Waals surface area contributed by atoms with Crippen LogP contribution in [-0.4, -0.2) is 28.6 Å². The number of carboxylic acid groups (broad SMARTS) is 1. The average molecular weight is 239 g/mol. The van der Waals surface area contributed by atoms with Crippen molar-refractivity contribution in [1.29, 1.82) is 0 Å². The van der Waals surface area contributed by atoms with Crippen LogP contribution < -0.4 is 0 Å². The van der Waals surface area contributed by atoms with E-state index in [1.807, 2.05) is 6.92 Å². The molecule has 0 aromatic carbocycles. The van der Waals surface area contributed by atoms with Crippen LogP contribution in [0.3, 0.4) is 0 Å². The highest BCUT2D eigenvalue weighted by atomic mass is 16.5. The summed E-state index contributed by atoms with van der Waals surface area (Å²) in [7, 11) is 0. The van der Waals surface area contributed by atoms with Gasteiger partial charge in [-0.25, -0.2) is 4.79 Å². The van der Waals surface area contributed by atoms with Gasteiger partial charge in [-0.1, -0.05) is 0 Å². The highest BCUT2D eigenvalue weighted by Crippen LogP contribution is 2.21. The van der Waals surface area contributed by atoms with E-state index < -0.39 is 11.9 Å². The molecule has 0 aliphatic rings. The van der Waals surface area contributed by atoms with E-state index in [1.165, 1.54) is 0 Å². The van der Waals surface area contributed by atoms with Crippen LogP contribution >= 0.6 is 0 Å². The molecule has 0 aliphatic carbocycles. The summed E-state index contributed by atoms with van der Waals surface area (Å²) in [4.78, 5) is 25.4. The Morgan fingerprint density at radius 2 is 1.94 bits per heavy atom. The van der Waals surface area contributed by atoms with Crippen LogP contribution in [0, 0.1) is 13.8 Å². The van der Waals surface area contributed by atoms with E-state index in [0.717, 1.165) is 17.0 Å². The summed E-state index contributed by atoms with van der Waals surface area (Å²) in [6, 6.07) is 0. The molecule has 17 heavy (non-hydrogen) atoms. The van der Waals surface area contributed by atoms with Gasteiger partial charge in [0.2, 0.25) is 0 Å². The second-order valence-corrected chi connectivity index (χ2v) is 3.84. The first-order chi connectivity index (χ1) is 7.97. The number of nitrogens with one attached hydrogen (secondary N) is 1. The van der Waals surface area contributed by atoms with Crippen LogP contribution in [0.1, 0.15) is 40.7 Å². The summed E-state index contributed by atoms with van der Waals surface area (Å²) >= 11 is 0. The lowest BCUT2D eigenvalue weighted by Gasteiger charge is -2.05. The van der Waals surface area contributed by atoms with Crippen molar-refractivity contribution in [2.24, 2.45) is 0 Å². The summed E-state index contributed by atoms with van der Waals surface area (Å²) in [5.41, 5.74) is 2.77. The quantitative estimate of drug-likeness (QED) is 0.768. The molecule has 5 nitrogen and oxygen atoms in total. The molecule has 1 aromatic rings. The van der Waals surface area contributed by atoms with Gasteiger partial charge in [0.1, 0.15) is 0 Å². The van der Waals surface area contributed by atoms with E-state index >= 15 is 0 Å². The Morgan fingerprint density at radius 3 is 2.47 bits per heavy atom. The van der Waals surface area contributed by atoms with Gasteiger partial charge in [-0.3, -0.25) is 4.79 Å². The van der Waals surface area contributed by atoms with E-state index in [-0.39, 0.29) is 6.42 Å². The number of rotatable bonds is 5. The number of hydrogen-bond donors (Lipinski definition) is 2. The number of aliphatic carboxylic acids is 1. The summed E-state index contributed by atoms with van der Waals surface area (Å²) in [5, 5.41) is 8.68. The lowest BCUT2D eigenvalue weighted by molar-refractivity contribution is -0.136. The molecule has 0 unspecified atom stereocenters. The molecule has 1 aromatic heterocycles. The molecule has 0 bridgehead atoms. The van der Waals surface area contributed by atoms with Gasteiger partial charge in [-0.2, -0.15) is 0 Å². The monoisotopic (exact) mass is 239 g/mol. The maximum absolute atomic E-state index is 11.8. The number of H-pyrrole nitrogens is 1. The van der Waals surface area contributed by atoms with Crippen molar-refractivity contribution >= 4 is 11.9 Å². The van der Waals surface area contributed by atoms with Gasteiger partial charge in [-0.05, 0) is 32.8 Å². The minimum absolute atomic E-state index is 0.00450. The minimum Gasteiger partial charge on any atom is -0.481 e. The third kappa shape index (κ3) is 3.09. The first-order valence-corrected chi connectivity index (χ1v) is 5.54. The molecule has 94 valence electrons. The maximum atomic E-state index is 11.8. The smallest absolute Gasteiger partial charge is 0.340 e. The fourth-order valence-electron chi connectivity index (χ4n) is 1.86. The number of aromatic nitrogens is 1. The van der Waals surface area contributed by atoms with Crippen LogP contribution in [0.25, 0.3) is 0 Å². The molecule has 1 rings (SSSR count). The zero-order valence-electron chi connectivity index (χ0n) is 10.3. The fraction of sp³-hybridized carbons (Fsp3) is 0.500. The van der Waals surface area contributed by atoms with Gasteiger partial charge < -0.3 is 14.8 Å². The zero-order valence-corrected chi connectivity index (χ0v) is 10.3. The number of carbonyl (C=O) groups excluding carboxylic acids is 1. The highest BCUT2D eigenvalue weighted by Gasteiger charge is 2.20. The first kappa shape index (κ1) is 13.3. The second kappa shape index (κ2) is 5.52. The Hall–Kier alpha value is -1.78. The van der Waals surface area contributed by atoms with Gasteiger partial charge in [-0.15, -0.1) is 0 Å². The molecule has 5 heteroatoms. The number of ether oxygens (including phenoxy) is 1. The topological polar surface area (TPSA) is 79.4 Å². The predicted molar refractivity (Wildman–Crippen MR) is 62.2 cm³/mol. The lowest BCUT2D eigenvalue weighted by Crippen LogP contribution is -2.09. The second-order valence-electron chi connectivity index (χ2n) is 3.84. The Balaban J connectivity index is 3.01. The number of carbonyl (C=O) groups is 2. The third-order valence-electron chi connectivity index (χ3n) is 2.57. The van der Waals surface area contributed by atoms with Crippen molar-refractivity contribution in [1.82, 2.24) is 4.98 Å². The van der Waals surface area contributed by atoms with Crippen molar-refractivity contribution < 1.29 is 19.4 Å². The lowest BCUT2D eigenvalue weighted by atomic mass is 10.0. The Morgan fingerprint density at radius 1 is 1.29 bits per heavy atom. The molecule has 0 amide bonds. The summed E-state index contributed by atoms with van der Waals surface area (Å²) in [5.74, 6) is -1.27. The molecule has 0 aliphatic heterocycles. The SMILES string of the molecule is CCOC(=O)c1c(C)[nH]c(C)c1CCC(=O)O. The summed E-state index contributed by atoms with van der Waals surface area (Å²) < 4.78 is 4.96. The third-order valence-corrected chi connectivity index (χ3v) is 2.57. The normalized spacial score (nSPS) is 10.3. The maximum Gasteiger partial charge on any atom is 0.340 e. The van der Waals surface area contributed by atoms with Gasteiger partial charge in [0.25, 0.3) is 0 Å². The van der Waals surface area contributed by atoms with Gasteiger partial charge >= 0.3 is 11.9 Å². The Kier molecular flexibility index (Phi) is 4.31. The zero-order chi connectivity index (χ0) is 13.0. The molecule has 0 saturated carbocycles. The Bertz CT molecular complexity index is 434. The summed E-state index contributed by atoms with van der Waals surface area (Å²) in [6.07, 6.45) is 0.337. The van der Waals surface area contributed by atoms with Gasteiger partial charge in [0, 0.05) is 17.8 Å². The molecule has 2 N–H and O–H groups in total. The van der Waals surface area contributed by atoms with Crippen molar-refractivity contribution in [2.45, 2.75) is 33.6 Å². The molecule has 0 radical (unpaired) electrons. The van der Waals surface area contributed by atoms with E-state index in [9.17, 15) is 9.59 Å². The number of aromatic amines is 1. The number of aryl methyl sites for hydroxylation is 2. The van der Waals surface area contributed by atoms with Gasteiger partial charge in [0.15, 0.2) is 0 Å². The molecule has 0 fully saturated rings. The first-order valence-electron chi connectivity index (χ1n) is 5.54. The van der Waals surface area contributed by atoms with Crippen LogP contribution in [-0.2, 0) is 16.0 Å². The Labute approximate surface area is 99.8 Å². The van der Waals surface area contributed by atoms with Crippen molar-refractivity contribution in [3.05, 3.63) is 22.5 Å². The number of esters is 1. The van der Waals surface area contributed by atoms with Crippen LogP contribution in [0.4, 0.5) is 0 Å². The van der Waals surface area contributed by atoms with Crippen molar-refractivity contribution in [3.63, 3.8) is 0 Å². The molecule has 1 heterocycles. The fourth-order valence-corrected chi connectivity index (χ4v) is 1.86. The van der Waals surface area contributed by atoms with Gasteiger partial charge in [0.05, 0.1) is 12.2 Å².